The van der Waals surface area contributed by atoms with E-state index in [2.05, 4.69) is 12.1 Å². The Balaban J connectivity index is 1.61. The summed E-state index contributed by atoms with van der Waals surface area (Å²) in [5, 5.41) is 11.5. The normalized spacial score (nSPS) is 26.2. The van der Waals surface area contributed by atoms with Crippen molar-refractivity contribution in [2.45, 2.75) is 42.9 Å². The zero-order valence-corrected chi connectivity index (χ0v) is 17.6. The molecule has 1 N–H and O–H groups in total. The minimum Gasteiger partial charge on any atom is -0.385 e. The largest absolute Gasteiger partial charge is 0.385 e. The van der Waals surface area contributed by atoms with E-state index in [1.165, 1.54) is 0 Å². The number of aliphatic hydroxyl groups is 1. The van der Waals surface area contributed by atoms with Gasteiger partial charge in [-0.3, -0.25) is 0 Å². The van der Waals surface area contributed by atoms with E-state index in [0.717, 1.165) is 23.3 Å². The molecule has 2 saturated heterocycles. The van der Waals surface area contributed by atoms with Crippen molar-refractivity contribution in [1.82, 2.24) is 9.80 Å². The molecule has 2 fully saturated rings. The third-order valence-electron chi connectivity index (χ3n) is 5.83. The summed E-state index contributed by atoms with van der Waals surface area (Å²) >= 11 is 1.58. The van der Waals surface area contributed by atoms with Crippen LogP contribution in [0, 0.1) is 0 Å². The van der Waals surface area contributed by atoms with Gasteiger partial charge in [-0.15, -0.1) is 11.8 Å². The van der Waals surface area contributed by atoms with Crippen molar-refractivity contribution in [3.8, 4) is 0 Å². The monoisotopic (exact) mass is 412 g/mol. The Bertz CT molecular complexity index is 819. The van der Waals surface area contributed by atoms with Gasteiger partial charge in [0, 0.05) is 32.6 Å². The van der Waals surface area contributed by atoms with Crippen LogP contribution < -0.4 is 0 Å². The van der Waals surface area contributed by atoms with Crippen molar-refractivity contribution in [2.75, 3.05) is 19.5 Å². The molecule has 2 heterocycles. The lowest BCUT2D eigenvalue weighted by atomic mass is 9.98. The summed E-state index contributed by atoms with van der Waals surface area (Å²) in [6, 6.07) is 19.9. The molecule has 2 amide bonds. The lowest BCUT2D eigenvalue weighted by Crippen LogP contribution is -2.48. The van der Waals surface area contributed by atoms with Gasteiger partial charge in [0.1, 0.15) is 4.93 Å². The SMILES string of the molecule is COCCCC1(O)SCC2[C@@H]1N(Cc1ccccc1)C(=O)N2Cc1ccccc1. The van der Waals surface area contributed by atoms with Crippen LogP contribution in [-0.4, -0.2) is 57.4 Å². The van der Waals surface area contributed by atoms with Gasteiger partial charge in [-0.1, -0.05) is 60.7 Å². The molecule has 2 aliphatic rings. The Morgan fingerprint density at radius 2 is 1.62 bits per heavy atom. The van der Waals surface area contributed by atoms with Gasteiger partial charge in [0.15, 0.2) is 0 Å². The van der Waals surface area contributed by atoms with E-state index in [9.17, 15) is 9.90 Å². The molecule has 0 radical (unpaired) electrons. The molecular weight excluding hydrogens is 384 g/mol. The zero-order chi connectivity index (χ0) is 20.3. The van der Waals surface area contributed by atoms with Crippen LogP contribution >= 0.6 is 11.8 Å². The van der Waals surface area contributed by atoms with E-state index in [1.54, 1.807) is 18.9 Å². The number of benzene rings is 2. The number of thioether (sulfide) groups is 1. The Kier molecular flexibility index (Phi) is 6.13. The smallest absolute Gasteiger partial charge is 0.321 e. The van der Waals surface area contributed by atoms with Crippen LogP contribution in [0.4, 0.5) is 4.79 Å². The first-order valence-corrected chi connectivity index (χ1v) is 11.1. The maximum absolute atomic E-state index is 13.5. The molecule has 5 nitrogen and oxygen atoms in total. The van der Waals surface area contributed by atoms with Crippen LogP contribution in [0.2, 0.25) is 0 Å². The van der Waals surface area contributed by atoms with Gasteiger partial charge in [-0.2, -0.15) is 0 Å². The number of nitrogens with zero attached hydrogens (tertiary/aromatic N) is 2. The van der Waals surface area contributed by atoms with Crippen LogP contribution in [0.15, 0.2) is 60.7 Å². The van der Waals surface area contributed by atoms with E-state index >= 15 is 0 Å². The van der Waals surface area contributed by atoms with Gasteiger partial charge in [0.05, 0.1) is 12.1 Å². The van der Waals surface area contributed by atoms with Crippen LogP contribution in [-0.2, 0) is 17.8 Å². The molecule has 2 aromatic carbocycles. The fourth-order valence-electron chi connectivity index (χ4n) is 4.45. The number of amides is 2. The number of carbonyl (C=O) groups is 1. The molecule has 154 valence electrons. The highest BCUT2D eigenvalue weighted by Gasteiger charge is 2.59. The lowest BCUT2D eigenvalue weighted by Gasteiger charge is -2.34. The van der Waals surface area contributed by atoms with E-state index < -0.39 is 4.93 Å². The maximum atomic E-state index is 13.5. The standard InChI is InChI=1S/C23H28N2O3S/c1-28-14-8-13-23(27)21-20(17-29-23)24(15-18-9-4-2-5-10-18)22(26)25(21)16-19-11-6-3-7-12-19/h2-7,9-12,20-21,27H,8,13-17H2,1H3/t20?,21-,23?/m0/s1. The molecular formula is C23H28N2O3S. The molecule has 29 heavy (non-hydrogen) atoms. The summed E-state index contributed by atoms with van der Waals surface area (Å²) in [6.07, 6.45) is 1.39. The predicted molar refractivity (Wildman–Crippen MR) is 115 cm³/mol. The number of urea groups is 1. The number of hydrogen-bond donors (Lipinski definition) is 1. The number of rotatable bonds is 8. The first-order chi connectivity index (χ1) is 14.1. The number of methoxy groups -OCH3 is 1. The van der Waals surface area contributed by atoms with Crippen molar-refractivity contribution in [3.63, 3.8) is 0 Å². The van der Waals surface area contributed by atoms with E-state index in [-0.39, 0.29) is 18.1 Å². The molecule has 0 bridgehead atoms. The molecule has 0 saturated carbocycles. The molecule has 0 spiro atoms. The molecule has 2 aliphatic heterocycles. The Morgan fingerprint density at radius 3 is 2.21 bits per heavy atom. The first kappa shape index (κ1) is 20.3. The van der Waals surface area contributed by atoms with Gasteiger partial charge < -0.3 is 19.6 Å². The van der Waals surface area contributed by atoms with Gasteiger partial charge in [0.25, 0.3) is 0 Å². The molecule has 2 aromatic rings. The quantitative estimate of drug-likeness (QED) is 0.530. The van der Waals surface area contributed by atoms with Crippen LogP contribution in [0.5, 0.6) is 0 Å². The molecule has 6 heteroatoms. The van der Waals surface area contributed by atoms with Gasteiger partial charge in [-0.25, -0.2) is 4.79 Å². The molecule has 0 aliphatic carbocycles. The Morgan fingerprint density at radius 1 is 1.03 bits per heavy atom. The van der Waals surface area contributed by atoms with Crippen molar-refractivity contribution in [3.05, 3.63) is 71.8 Å². The summed E-state index contributed by atoms with van der Waals surface area (Å²) in [5.41, 5.74) is 2.19. The number of hydrogen-bond acceptors (Lipinski definition) is 4. The summed E-state index contributed by atoms with van der Waals surface area (Å²) in [4.78, 5) is 16.3. The Labute approximate surface area is 176 Å². The summed E-state index contributed by atoms with van der Waals surface area (Å²) in [5.74, 6) is 0.748. The summed E-state index contributed by atoms with van der Waals surface area (Å²) in [6.45, 7) is 1.70. The predicted octanol–water partition coefficient (Wildman–Crippen LogP) is 3.72. The first-order valence-electron chi connectivity index (χ1n) is 10.1. The lowest BCUT2D eigenvalue weighted by molar-refractivity contribution is 0.0370. The third-order valence-corrected chi connectivity index (χ3v) is 7.29. The third kappa shape index (κ3) is 4.15. The second kappa shape index (κ2) is 8.78. The van der Waals surface area contributed by atoms with E-state index in [1.807, 2.05) is 58.3 Å². The number of carbonyl (C=O) groups excluding carboxylic acids is 1. The van der Waals surface area contributed by atoms with Crippen molar-refractivity contribution >= 4 is 17.8 Å². The average molecular weight is 413 g/mol. The Hall–Kier alpha value is -2.02. The van der Waals surface area contributed by atoms with Crippen molar-refractivity contribution < 1.29 is 14.6 Å². The van der Waals surface area contributed by atoms with Gasteiger partial charge in [0.2, 0.25) is 0 Å². The minimum absolute atomic E-state index is 0.00367. The highest BCUT2D eigenvalue weighted by molar-refractivity contribution is 8.00. The summed E-state index contributed by atoms with van der Waals surface area (Å²) in [7, 11) is 1.68. The summed E-state index contributed by atoms with van der Waals surface area (Å²) < 4.78 is 5.19. The molecule has 4 rings (SSSR count). The maximum Gasteiger partial charge on any atom is 0.321 e. The van der Waals surface area contributed by atoms with Crippen LogP contribution in [0.1, 0.15) is 24.0 Å². The average Bonchev–Trinajstić information content (AvgIpc) is 3.21. The van der Waals surface area contributed by atoms with E-state index in [0.29, 0.717) is 26.1 Å². The fraction of sp³-hybridized carbons (Fsp3) is 0.435. The van der Waals surface area contributed by atoms with Gasteiger partial charge in [-0.05, 0) is 24.0 Å². The van der Waals surface area contributed by atoms with Crippen LogP contribution in [0.25, 0.3) is 0 Å². The topological polar surface area (TPSA) is 53.0 Å². The number of ether oxygens (including phenoxy) is 1. The molecule has 2 unspecified atom stereocenters. The minimum atomic E-state index is -0.945. The second-order valence-corrected chi connectivity index (χ2v) is 9.10. The molecule has 0 aromatic heterocycles. The van der Waals surface area contributed by atoms with Gasteiger partial charge >= 0.3 is 6.03 Å². The highest BCUT2D eigenvalue weighted by Crippen LogP contribution is 2.48. The second-order valence-electron chi connectivity index (χ2n) is 7.77. The fourth-order valence-corrected chi connectivity index (χ4v) is 6.01. The highest BCUT2D eigenvalue weighted by atomic mass is 32.2. The molecule has 3 atom stereocenters. The van der Waals surface area contributed by atoms with Crippen molar-refractivity contribution in [2.24, 2.45) is 0 Å². The van der Waals surface area contributed by atoms with Crippen LogP contribution in [0.3, 0.4) is 0 Å². The zero-order valence-electron chi connectivity index (χ0n) is 16.7. The van der Waals surface area contributed by atoms with E-state index in [4.69, 9.17) is 4.74 Å². The van der Waals surface area contributed by atoms with Crippen molar-refractivity contribution in [1.29, 1.82) is 0 Å². The number of fused-ring (bicyclic) bond motifs is 1.